The van der Waals surface area contributed by atoms with Gasteiger partial charge >= 0.3 is 0 Å². The van der Waals surface area contributed by atoms with Gasteiger partial charge in [0.2, 0.25) is 0 Å². The summed E-state index contributed by atoms with van der Waals surface area (Å²) < 4.78 is 5.99. The van der Waals surface area contributed by atoms with Crippen LogP contribution in [0, 0.1) is 0 Å². The highest BCUT2D eigenvalue weighted by molar-refractivity contribution is 6.06. The third-order valence-corrected chi connectivity index (χ3v) is 7.81. The molecule has 5 aromatic carbocycles. The van der Waals surface area contributed by atoms with Gasteiger partial charge in [0.15, 0.2) is 0 Å². The van der Waals surface area contributed by atoms with Gasteiger partial charge in [0, 0.05) is 28.1 Å². The molecule has 2 heterocycles. The van der Waals surface area contributed by atoms with Gasteiger partial charge in [-0.15, -0.1) is 0 Å². The summed E-state index contributed by atoms with van der Waals surface area (Å²) in [4.78, 5) is 4.83. The van der Waals surface area contributed by atoms with E-state index in [-0.39, 0.29) is 0 Å². The van der Waals surface area contributed by atoms with E-state index < -0.39 is 0 Å². The number of rotatable bonds is 5. The molecule has 188 valence electrons. The Kier molecular flexibility index (Phi) is 5.74. The molecule has 0 unspecified atom stereocenters. The van der Waals surface area contributed by atoms with Crippen LogP contribution in [-0.2, 0) is 12.8 Å². The summed E-state index contributed by atoms with van der Waals surface area (Å²) in [7, 11) is 0. The third-order valence-electron chi connectivity index (χ3n) is 7.81. The summed E-state index contributed by atoms with van der Waals surface area (Å²) in [5.74, 6) is 0. The highest BCUT2D eigenvalue weighted by Gasteiger charge is 2.10. The van der Waals surface area contributed by atoms with Gasteiger partial charge in [-0.2, -0.15) is 0 Å². The first kappa shape index (κ1) is 23.4. The van der Waals surface area contributed by atoms with Crippen LogP contribution in [0.1, 0.15) is 25.0 Å². The van der Waals surface area contributed by atoms with Crippen LogP contribution in [0.4, 0.5) is 0 Å². The summed E-state index contributed by atoms with van der Waals surface area (Å²) in [6, 6.07) is 39.2. The Hall–Kier alpha value is -4.69. The van der Waals surface area contributed by atoms with Crippen molar-refractivity contribution in [3.8, 4) is 33.5 Å². The Balaban J connectivity index is 1.19. The second-order valence-electron chi connectivity index (χ2n) is 10.3. The van der Waals surface area contributed by atoms with Crippen molar-refractivity contribution in [1.29, 1.82) is 0 Å². The summed E-state index contributed by atoms with van der Waals surface area (Å²) >= 11 is 0. The number of furan rings is 1. The topological polar surface area (TPSA) is 26.0 Å². The van der Waals surface area contributed by atoms with E-state index in [4.69, 9.17) is 9.40 Å². The molecule has 0 spiro atoms. The van der Waals surface area contributed by atoms with Crippen molar-refractivity contribution in [2.24, 2.45) is 0 Å². The molecule has 0 bridgehead atoms. The molecular weight excluding hydrogens is 474 g/mol. The first-order valence-electron chi connectivity index (χ1n) is 13.7. The Morgan fingerprint density at radius 2 is 1.15 bits per heavy atom. The molecule has 7 aromatic rings. The van der Waals surface area contributed by atoms with Crippen LogP contribution in [0.2, 0.25) is 0 Å². The number of para-hydroxylation sites is 1. The van der Waals surface area contributed by atoms with Gasteiger partial charge in [0.25, 0.3) is 0 Å². The zero-order valence-corrected chi connectivity index (χ0v) is 22.2. The van der Waals surface area contributed by atoms with Gasteiger partial charge in [0.05, 0.1) is 5.69 Å². The van der Waals surface area contributed by atoms with Crippen molar-refractivity contribution in [2.75, 3.05) is 0 Å². The molecule has 0 N–H and O–H groups in total. The fourth-order valence-corrected chi connectivity index (χ4v) is 5.56. The molecular formula is C37H29NO. The van der Waals surface area contributed by atoms with E-state index in [1.54, 1.807) is 0 Å². The number of nitrogens with zero attached hydrogens (tertiary/aromatic N) is 1. The molecule has 0 saturated heterocycles. The highest BCUT2D eigenvalue weighted by Crippen LogP contribution is 2.33. The Morgan fingerprint density at radius 1 is 0.513 bits per heavy atom. The lowest BCUT2D eigenvalue weighted by Gasteiger charge is -2.10. The normalized spacial score (nSPS) is 11.5. The lowest BCUT2D eigenvalue weighted by atomic mass is 9.95. The highest BCUT2D eigenvalue weighted by atomic mass is 16.3. The van der Waals surface area contributed by atoms with Crippen molar-refractivity contribution in [3.63, 3.8) is 0 Å². The van der Waals surface area contributed by atoms with Crippen molar-refractivity contribution in [3.05, 3.63) is 127 Å². The zero-order valence-electron chi connectivity index (χ0n) is 22.2. The summed E-state index contributed by atoms with van der Waals surface area (Å²) in [5, 5.41) is 4.74. The van der Waals surface area contributed by atoms with Gasteiger partial charge in [-0.1, -0.05) is 80.6 Å². The minimum absolute atomic E-state index is 0.903. The van der Waals surface area contributed by atoms with E-state index in [2.05, 4.69) is 98.8 Å². The maximum atomic E-state index is 5.99. The lowest BCUT2D eigenvalue weighted by Crippen LogP contribution is -1.89. The quantitative estimate of drug-likeness (QED) is 0.233. The number of hydrogen-bond acceptors (Lipinski definition) is 2. The zero-order chi connectivity index (χ0) is 26.3. The summed E-state index contributed by atoms with van der Waals surface area (Å²) in [5.41, 5.74) is 11.5. The Morgan fingerprint density at radius 3 is 1.85 bits per heavy atom. The van der Waals surface area contributed by atoms with E-state index in [0.29, 0.717) is 0 Å². The van der Waals surface area contributed by atoms with E-state index in [1.165, 1.54) is 38.6 Å². The van der Waals surface area contributed by atoms with Crippen LogP contribution >= 0.6 is 0 Å². The maximum Gasteiger partial charge on any atom is 0.135 e. The van der Waals surface area contributed by atoms with E-state index >= 15 is 0 Å². The smallest absolute Gasteiger partial charge is 0.135 e. The van der Waals surface area contributed by atoms with Crippen LogP contribution in [0.5, 0.6) is 0 Å². The van der Waals surface area contributed by atoms with E-state index in [1.807, 2.05) is 30.5 Å². The van der Waals surface area contributed by atoms with Crippen molar-refractivity contribution in [2.45, 2.75) is 26.7 Å². The Bertz CT molecular complexity index is 1960. The summed E-state index contributed by atoms with van der Waals surface area (Å²) in [6.07, 6.45) is 4.09. The molecule has 0 atom stereocenters. The van der Waals surface area contributed by atoms with Crippen LogP contribution in [-0.4, -0.2) is 4.98 Å². The number of pyridine rings is 1. The van der Waals surface area contributed by atoms with Gasteiger partial charge in [0.1, 0.15) is 11.2 Å². The molecule has 0 saturated carbocycles. The molecule has 0 amide bonds. The average molecular weight is 504 g/mol. The molecule has 0 radical (unpaired) electrons. The van der Waals surface area contributed by atoms with Gasteiger partial charge in [-0.25, -0.2) is 0 Å². The van der Waals surface area contributed by atoms with E-state index in [0.717, 1.165) is 51.6 Å². The number of fused-ring (bicyclic) bond motifs is 4. The third kappa shape index (κ3) is 4.28. The number of hydrogen-bond donors (Lipinski definition) is 0. The molecule has 2 heteroatoms. The largest absolute Gasteiger partial charge is 0.456 e. The fraction of sp³-hybridized carbons (Fsp3) is 0.108. The predicted octanol–water partition coefficient (Wildman–Crippen LogP) is 10.3. The van der Waals surface area contributed by atoms with Crippen LogP contribution in [0.15, 0.2) is 120 Å². The minimum Gasteiger partial charge on any atom is -0.456 e. The Labute approximate surface area is 228 Å². The van der Waals surface area contributed by atoms with E-state index in [9.17, 15) is 0 Å². The molecule has 0 fully saturated rings. The van der Waals surface area contributed by atoms with Gasteiger partial charge in [-0.05, 0) is 93.9 Å². The van der Waals surface area contributed by atoms with Gasteiger partial charge in [-0.3, -0.25) is 4.98 Å². The molecule has 0 aliphatic heterocycles. The van der Waals surface area contributed by atoms with Crippen molar-refractivity contribution < 1.29 is 4.42 Å². The average Bonchev–Trinajstić information content (AvgIpc) is 3.38. The SMILES string of the molecule is CCc1cc(CC)cc(-c2ccc3cc(-c4ccc(-c5ccc6oc7ccccc7c6c5)nc4)ccc3c2)c1. The molecule has 39 heavy (non-hydrogen) atoms. The number of benzene rings is 5. The molecule has 7 rings (SSSR count). The van der Waals surface area contributed by atoms with Crippen LogP contribution in [0.3, 0.4) is 0 Å². The van der Waals surface area contributed by atoms with Crippen LogP contribution < -0.4 is 0 Å². The van der Waals surface area contributed by atoms with Crippen molar-refractivity contribution in [1.82, 2.24) is 4.98 Å². The van der Waals surface area contributed by atoms with Gasteiger partial charge < -0.3 is 4.42 Å². The second kappa shape index (κ2) is 9.56. The molecule has 0 aliphatic carbocycles. The standard InChI is InChI=1S/C37H29NO/c1-3-24-17-25(4-2)19-32(18-24)29-12-10-26-20-28(11-9-27(26)21-29)31-13-15-35(38-23-31)30-14-16-37-34(22-30)33-7-5-6-8-36(33)39-37/h5-23H,3-4H2,1-2H3. The first-order chi connectivity index (χ1) is 19.2. The number of aryl methyl sites for hydroxylation is 2. The van der Waals surface area contributed by atoms with Crippen LogP contribution in [0.25, 0.3) is 66.2 Å². The lowest BCUT2D eigenvalue weighted by molar-refractivity contribution is 0.669. The monoisotopic (exact) mass is 503 g/mol. The second-order valence-corrected chi connectivity index (χ2v) is 10.3. The number of aromatic nitrogens is 1. The summed E-state index contributed by atoms with van der Waals surface area (Å²) in [6.45, 7) is 4.45. The first-order valence-corrected chi connectivity index (χ1v) is 13.7. The fourth-order valence-electron chi connectivity index (χ4n) is 5.56. The molecule has 2 nitrogen and oxygen atoms in total. The minimum atomic E-state index is 0.903. The predicted molar refractivity (Wildman–Crippen MR) is 164 cm³/mol. The maximum absolute atomic E-state index is 5.99. The molecule has 2 aromatic heterocycles. The van der Waals surface area contributed by atoms with Crippen molar-refractivity contribution >= 4 is 32.7 Å². The molecule has 0 aliphatic rings.